The largest absolute Gasteiger partial charge is 0.348 e. The van der Waals surface area contributed by atoms with Gasteiger partial charge in [0.25, 0.3) is 11.8 Å². The fourth-order valence-corrected chi connectivity index (χ4v) is 2.79. The maximum atomic E-state index is 12.5. The van der Waals surface area contributed by atoms with E-state index < -0.39 is 0 Å². The number of pyridine rings is 1. The third-order valence-corrected chi connectivity index (χ3v) is 4.76. The van der Waals surface area contributed by atoms with Crippen LogP contribution in [-0.4, -0.2) is 16.8 Å². The van der Waals surface area contributed by atoms with Crippen LogP contribution < -0.4 is 10.6 Å². The third kappa shape index (κ3) is 4.75. The summed E-state index contributed by atoms with van der Waals surface area (Å²) >= 11 is 6.09. The van der Waals surface area contributed by atoms with E-state index >= 15 is 0 Å². The van der Waals surface area contributed by atoms with Crippen LogP contribution in [0.4, 0.5) is 5.69 Å². The number of hydrogen-bond acceptors (Lipinski definition) is 3. The molecule has 6 heteroatoms. The zero-order valence-corrected chi connectivity index (χ0v) is 16.4. The Kier molecular flexibility index (Phi) is 6.06. The molecule has 3 rings (SSSR count). The van der Waals surface area contributed by atoms with Crippen LogP contribution in [0.25, 0.3) is 0 Å². The minimum atomic E-state index is -0.356. The summed E-state index contributed by atoms with van der Waals surface area (Å²) in [6, 6.07) is 14.7. The number of rotatable bonds is 5. The van der Waals surface area contributed by atoms with Gasteiger partial charge in [-0.2, -0.15) is 0 Å². The lowest BCUT2D eigenvalue weighted by atomic mass is 10.1. The highest BCUT2D eigenvalue weighted by Gasteiger charge is 2.13. The Bertz CT molecular complexity index is 1020. The molecule has 0 aliphatic heterocycles. The topological polar surface area (TPSA) is 71.1 Å². The van der Waals surface area contributed by atoms with Gasteiger partial charge in [-0.15, -0.1) is 0 Å². The molecule has 0 aliphatic rings. The molecule has 0 spiro atoms. The van der Waals surface area contributed by atoms with E-state index in [1.54, 1.807) is 18.2 Å². The molecule has 0 bridgehead atoms. The molecule has 0 unspecified atom stereocenters. The van der Waals surface area contributed by atoms with Gasteiger partial charge in [0.2, 0.25) is 0 Å². The first-order valence-electron chi connectivity index (χ1n) is 8.79. The van der Waals surface area contributed by atoms with E-state index in [4.69, 9.17) is 11.6 Å². The van der Waals surface area contributed by atoms with Crippen molar-refractivity contribution in [2.45, 2.75) is 20.4 Å². The Balaban J connectivity index is 1.68. The predicted molar refractivity (Wildman–Crippen MR) is 111 cm³/mol. The van der Waals surface area contributed by atoms with Gasteiger partial charge in [0.1, 0.15) is 0 Å². The van der Waals surface area contributed by atoms with Gasteiger partial charge < -0.3 is 10.6 Å². The van der Waals surface area contributed by atoms with E-state index in [0.29, 0.717) is 28.4 Å². The number of benzene rings is 2. The smallest absolute Gasteiger partial charge is 0.257 e. The first kappa shape index (κ1) is 19.6. The van der Waals surface area contributed by atoms with Gasteiger partial charge in [0.15, 0.2) is 0 Å². The fourth-order valence-electron chi connectivity index (χ4n) is 2.62. The van der Waals surface area contributed by atoms with E-state index in [1.807, 2.05) is 38.1 Å². The van der Waals surface area contributed by atoms with Crippen molar-refractivity contribution in [1.29, 1.82) is 0 Å². The molecule has 0 aliphatic carbocycles. The normalized spacial score (nSPS) is 10.4. The summed E-state index contributed by atoms with van der Waals surface area (Å²) < 4.78 is 0. The number of amides is 2. The summed E-state index contributed by atoms with van der Waals surface area (Å²) in [4.78, 5) is 29.0. The van der Waals surface area contributed by atoms with Gasteiger partial charge >= 0.3 is 0 Å². The molecule has 0 saturated carbocycles. The number of aromatic nitrogens is 1. The Morgan fingerprint density at radius 2 is 1.64 bits per heavy atom. The lowest BCUT2D eigenvalue weighted by molar-refractivity contribution is 0.0950. The molecule has 5 nitrogen and oxygen atoms in total. The molecule has 0 saturated heterocycles. The number of halogens is 1. The maximum absolute atomic E-state index is 12.5. The molecule has 1 aromatic heterocycles. The van der Waals surface area contributed by atoms with Crippen molar-refractivity contribution < 1.29 is 9.59 Å². The number of carbonyl (C=O) groups is 2. The van der Waals surface area contributed by atoms with Crippen molar-refractivity contribution in [2.75, 3.05) is 5.32 Å². The third-order valence-electron chi connectivity index (χ3n) is 4.35. The summed E-state index contributed by atoms with van der Waals surface area (Å²) in [5.74, 6) is -0.646. The fraction of sp³-hybridized carbons (Fsp3) is 0.136. The second-order valence-electron chi connectivity index (χ2n) is 6.50. The second kappa shape index (κ2) is 8.67. The van der Waals surface area contributed by atoms with Crippen molar-refractivity contribution >= 4 is 29.1 Å². The van der Waals surface area contributed by atoms with Crippen LogP contribution >= 0.6 is 11.6 Å². The van der Waals surface area contributed by atoms with Crippen LogP contribution in [0.15, 0.2) is 60.9 Å². The molecule has 0 fully saturated rings. The summed E-state index contributed by atoms with van der Waals surface area (Å²) in [5.41, 5.74) is 4.17. The van der Waals surface area contributed by atoms with Crippen molar-refractivity contribution in [3.05, 3.63) is 93.8 Å². The van der Waals surface area contributed by atoms with Crippen LogP contribution in [0.2, 0.25) is 5.02 Å². The molecular weight excluding hydrogens is 374 g/mol. The van der Waals surface area contributed by atoms with Crippen molar-refractivity contribution in [1.82, 2.24) is 10.3 Å². The summed E-state index contributed by atoms with van der Waals surface area (Å²) in [6.07, 6.45) is 2.86. The average Bonchev–Trinajstić information content (AvgIpc) is 2.71. The molecule has 2 amide bonds. The standard InChI is InChI=1S/C22H20ClN3O2/c1-14-6-8-16(9-7-14)11-25-21(27)17-10-18(13-24-12-17)22(28)26-20-5-3-4-19(23)15(20)2/h3-10,12-13H,11H2,1-2H3,(H,25,27)(H,26,28). The minimum Gasteiger partial charge on any atom is -0.348 e. The van der Waals surface area contributed by atoms with Crippen molar-refractivity contribution in [3.63, 3.8) is 0 Å². The lowest BCUT2D eigenvalue weighted by Crippen LogP contribution is -2.23. The van der Waals surface area contributed by atoms with Crippen LogP contribution in [0, 0.1) is 13.8 Å². The molecule has 142 valence electrons. The van der Waals surface area contributed by atoms with Gasteiger partial charge in [-0.3, -0.25) is 14.6 Å². The number of aryl methyl sites for hydroxylation is 1. The Labute approximate surface area is 168 Å². The Morgan fingerprint density at radius 1 is 0.964 bits per heavy atom. The summed E-state index contributed by atoms with van der Waals surface area (Å²) in [7, 11) is 0. The van der Waals surface area contributed by atoms with Crippen LogP contribution in [-0.2, 0) is 6.54 Å². The molecule has 2 N–H and O–H groups in total. The van der Waals surface area contributed by atoms with Gasteiger partial charge in [-0.25, -0.2) is 0 Å². The summed E-state index contributed by atoms with van der Waals surface area (Å²) in [5, 5.41) is 6.21. The van der Waals surface area contributed by atoms with E-state index in [-0.39, 0.29) is 11.8 Å². The number of nitrogens with one attached hydrogen (secondary N) is 2. The van der Waals surface area contributed by atoms with Crippen LogP contribution in [0.1, 0.15) is 37.4 Å². The molecular formula is C22H20ClN3O2. The van der Waals surface area contributed by atoms with Crippen molar-refractivity contribution in [2.24, 2.45) is 0 Å². The molecule has 2 aromatic carbocycles. The number of hydrogen-bond donors (Lipinski definition) is 2. The predicted octanol–water partition coefficient (Wildman–Crippen LogP) is 4.53. The quantitative estimate of drug-likeness (QED) is 0.668. The Morgan fingerprint density at radius 3 is 2.36 bits per heavy atom. The first-order chi connectivity index (χ1) is 13.4. The number of carbonyl (C=O) groups excluding carboxylic acids is 2. The number of anilines is 1. The highest BCUT2D eigenvalue weighted by atomic mass is 35.5. The van der Waals surface area contributed by atoms with Crippen LogP contribution in [0.5, 0.6) is 0 Å². The average molecular weight is 394 g/mol. The Hall–Kier alpha value is -3.18. The van der Waals surface area contributed by atoms with E-state index in [9.17, 15) is 9.59 Å². The second-order valence-corrected chi connectivity index (χ2v) is 6.90. The highest BCUT2D eigenvalue weighted by molar-refractivity contribution is 6.31. The molecule has 28 heavy (non-hydrogen) atoms. The molecule has 0 atom stereocenters. The number of nitrogens with zero attached hydrogens (tertiary/aromatic N) is 1. The monoisotopic (exact) mass is 393 g/mol. The SMILES string of the molecule is Cc1ccc(CNC(=O)c2cncc(C(=O)Nc3cccc(Cl)c3C)c2)cc1. The minimum absolute atomic E-state index is 0.290. The molecule has 0 radical (unpaired) electrons. The van der Waals surface area contributed by atoms with E-state index in [0.717, 1.165) is 16.7 Å². The van der Waals surface area contributed by atoms with Gasteiger partial charge in [-0.05, 0) is 43.2 Å². The van der Waals surface area contributed by atoms with E-state index in [1.165, 1.54) is 18.5 Å². The molecule has 3 aromatic rings. The first-order valence-corrected chi connectivity index (χ1v) is 9.17. The highest BCUT2D eigenvalue weighted by Crippen LogP contribution is 2.23. The van der Waals surface area contributed by atoms with Gasteiger partial charge in [-0.1, -0.05) is 47.5 Å². The lowest BCUT2D eigenvalue weighted by Gasteiger charge is -2.10. The summed E-state index contributed by atoms with van der Waals surface area (Å²) in [6.45, 7) is 4.23. The maximum Gasteiger partial charge on any atom is 0.257 e. The van der Waals surface area contributed by atoms with Gasteiger partial charge in [0.05, 0.1) is 11.1 Å². The zero-order valence-electron chi connectivity index (χ0n) is 15.6. The van der Waals surface area contributed by atoms with E-state index in [2.05, 4.69) is 15.6 Å². The van der Waals surface area contributed by atoms with Crippen LogP contribution in [0.3, 0.4) is 0 Å². The van der Waals surface area contributed by atoms with Gasteiger partial charge in [0, 0.05) is 29.6 Å². The van der Waals surface area contributed by atoms with Crippen molar-refractivity contribution in [3.8, 4) is 0 Å². The zero-order chi connectivity index (χ0) is 20.1. The molecule has 1 heterocycles.